The molecule has 8 nitrogen and oxygen atoms in total. The zero-order valence-corrected chi connectivity index (χ0v) is 7.74. The summed E-state index contributed by atoms with van der Waals surface area (Å²) in [6.45, 7) is 0.0670. The fourth-order valence-corrected chi connectivity index (χ4v) is 1.51. The SMILES string of the molecule is O=C(O)NCCN1SNC(O)(O)C1=O. The van der Waals surface area contributed by atoms with Gasteiger partial charge in [0.25, 0.3) is 0 Å². The van der Waals surface area contributed by atoms with Crippen molar-refractivity contribution in [3.63, 3.8) is 0 Å². The molecule has 9 heteroatoms. The van der Waals surface area contributed by atoms with Gasteiger partial charge in [0.1, 0.15) is 0 Å². The summed E-state index contributed by atoms with van der Waals surface area (Å²) in [5.41, 5.74) is 0. The van der Waals surface area contributed by atoms with Gasteiger partial charge in [-0.1, -0.05) is 0 Å². The molecule has 1 fully saturated rings. The number of hydrogen-bond donors (Lipinski definition) is 5. The number of rotatable bonds is 3. The monoisotopic (exact) mass is 223 g/mol. The van der Waals surface area contributed by atoms with Gasteiger partial charge in [0, 0.05) is 18.7 Å². The first-order valence-corrected chi connectivity index (χ1v) is 4.38. The van der Waals surface area contributed by atoms with Gasteiger partial charge >= 0.3 is 17.9 Å². The molecule has 1 rings (SSSR count). The van der Waals surface area contributed by atoms with Gasteiger partial charge in [0.05, 0.1) is 6.54 Å². The van der Waals surface area contributed by atoms with Crippen LogP contribution in [0.1, 0.15) is 0 Å². The number of aliphatic hydroxyl groups is 2. The second kappa shape index (κ2) is 4.00. The maximum atomic E-state index is 11.1. The van der Waals surface area contributed by atoms with E-state index in [2.05, 4.69) is 4.72 Å². The Bertz CT molecular complexity index is 258. The summed E-state index contributed by atoms with van der Waals surface area (Å²) in [4.78, 5) is 21.1. The van der Waals surface area contributed by atoms with Gasteiger partial charge < -0.3 is 20.6 Å². The van der Waals surface area contributed by atoms with Crippen molar-refractivity contribution in [3.05, 3.63) is 0 Å². The number of nitrogens with zero attached hydrogens (tertiary/aromatic N) is 1. The quantitative estimate of drug-likeness (QED) is 0.274. The van der Waals surface area contributed by atoms with Gasteiger partial charge in [0.15, 0.2) is 0 Å². The topological polar surface area (TPSA) is 122 Å². The number of carboxylic acid groups (broad SMARTS) is 1. The molecule has 0 radical (unpaired) electrons. The number of carbonyl (C=O) groups excluding carboxylic acids is 1. The van der Waals surface area contributed by atoms with E-state index in [1.165, 1.54) is 0 Å². The maximum absolute atomic E-state index is 11.1. The van der Waals surface area contributed by atoms with E-state index in [1.54, 1.807) is 0 Å². The number of nitrogens with one attached hydrogen (secondary N) is 2. The Labute approximate surface area is 83.2 Å². The molecule has 1 heterocycles. The number of hydrogen-bond acceptors (Lipinski definition) is 6. The van der Waals surface area contributed by atoms with Crippen molar-refractivity contribution in [2.75, 3.05) is 13.1 Å². The molecular weight excluding hydrogens is 214 g/mol. The van der Waals surface area contributed by atoms with Crippen LogP contribution in [0.4, 0.5) is 4.79 Å². The van der Waals surface area contributed by atoms with Gasteiger partial charge in [0.2, 0.25) is 0 Å². The van der Waals surface area contributed by atoms with Crippen LogP contribution in [0.2, 0.25) is 0 Å². The van der Waals surface area contributed by atoms with E-state index in [9.17, 15) is 9.59 Å². The molecule has 0 unspecified atom stereocenters. The Hall–Kier alpha value is -1.03. The van der Waals surface area contributed by atoms with Crippen LogP contribution in [-0.2, 0) is 4.79 Å². The third kappa shape index (κ3) is 2.48. The van der Waals surface area contributed by atoms with E-state index in [-0.39, 0.29) is 13.1 Å². The smallest absolute Gasteiger partial charge is 0.404 e. The van der Waals surface area contributed by atoms with Crippen molar-refractivity contribution in [2.24, 2.45) is 0 Å². The predicted molar refractivity (Wildman–Crippen MR) is 45.6 cm³/mol. The summed E-state index contributed by atoms with van der Waals surface area (Å²) >= 11 is 0.710. The van der Waals surface area contributed by atoms with E-state index in [0.717, 1.165) is 4.31 Å². The van der Waals surface area contributed by atoms with Crippen molar-refractivity contribution in [1.29, 1.82) is 0 Å². The van der Waals surface area contributed by atoms with Crippen LogP contribution in [0.3, 0.4) is 0 Å². The normalized spacial score (nSPS) is 19.9. The lowest BCUT2D eigenvalue weighted by molar-refractivity contribution is -0.188. The van der Waals surface area contributed by atoms with Crippen LogP contribution < -0.4 is 10.0 Å². The lowest BCUT2D eigenvalue weighted by atomic mass is 10.4. The molecule has 2 amide bonds. The summed E-state index contributed by atoms with van der Waals surface area (Å²) in [7, 11) is 0. The van der Waals surface area contributed by atoms with E-state index in [0.29, 0.717) is 12.1 Å². The largest absolute Gasteiger partial charge is 0.465 e. The summed E-state index contributed by atoms with van der Waals surface area (Å²) < 4.78 is 3.07. The van der Waals surface area contributed by atoms with E-state index >= 15 is 0 Å². The molecule has 0 aromatic rings. The van der Waals surface area contributed by atoms with Gasteiger partial charge in [-0.25, -0.2) is 4.79 Å². The highest BCUT2D eigenvalue weighted by Gasteiger charge is 2.44. The Kier molecular flexibility index (Phi) is 3.16. The summed E-state index contributed by atoms with van der Waals surface area (Å²) in [5.74, 6) is -3.48. The fraction of sp³-hybridized carbons (Fsp3) is 0.600. The van der Waals surface area contributed by atoms with Crippen LogP contribution in [0.15, 0.2) is 0 Å². The highest BCUT2D eigenvalue weighted by molar-refractivity contribution is 7.96. The zero-order valence-electron chi connectivity index (χ0n) is 6.93. The molecule has 0 atom stereocenters. The summed E-state index contributed by atoms with van der Waals surface area (Å²) in [6, 6.07) is 0. The van der Waals surface area contributed by atoms with Crippen LogP contribution in [0.5, 0.6) is 0 Å². The molecule has 5 N–H and O–H groups in total. The first kappa shape index (κ1) is 11.0. The predicted octanol–water partition coefficient (Wildman–Crippen LogP) is -2.11. The van der Waals surface area contributed by atoms with Crippen molar-refractivity contribution >= 4 is 24.1 Å². The molecule has 0 aliphatic carbocycles. The molecular formula is C5H9N3O5S. The number of carbonyl (C=O) groups is 2. The van der Waals surface area contributed by atoms with Gasteiger partial charge in [-0.3, -0.25) is 9.10 Å². The van der Waals surface area contributed by atoms with Crippen molar-refractivity contribution < 1.29 is 24.9 Å². The third-order valence-corrected chi connectivity index (χ3v) is 2.36. The minimum atomic E-state index is -2.56. The Balaban J connectivity index is 2.34. The van der Waals surface area contributed by atoms with Crippen molar-refractivity contribution in [3.8, 4) is 0 Å². The lowest BCUT2D eigenvalue weighted by Gasteiger charge is -2.13. The van der Waals surface area contributed by atoms with Crippen LogP contribution >= 0.6 is 12.1 Å². The second-order valence-electron chi connectivity index (χ2n) is 2.50. The first-order chi connectivity index (χ1) is 6.43. The molecule has 0 aromatic heterocycles. The molecule has 14 heavy (non-hydrogen) atoms. The highest BCUT2D eigenvalue weighted by Crippen LogP contribution is 2.21. The van der Waals surface area contributed by atoms with E-state index < -0.39 is 17.9 Å². The van der Waals surface area contributed by atoms with Crippen molar-refractivity contribution in [2.45, 2.75) is 5.91 Å². The molecule has 0 saturated carbocycles. The summed E-state index contributed by atoms with van der Waals surface area (Å²) in [6.07, 6.45) is -1.20. The lowest BCUT2D eigenvalue weighted by Crippen LogP contribution is -2.46. The molecule has 1 aliphatic heterocycles. The van der Waals surface area contributed by atoms with Crippen LogP contribution in [0, 0.1) is 0 Å². The molecule has 0 spiro atoms. The molecule has 0 bridgehead atoms. The highest BCUT2D eigenvalue weighted by atomic mass is 32.2. The standard InChI is InChI=1S/C5H9N3O5S/c9-3-5(12,13)7-14-8(3)2-1-6-4(10)11/h6-7,12-13H,1-2H2,(H,10,11). The average Bonchev–Trinajstić information content (AvgIpc) is 2.31. The van der Waals surface area contributed by atoms with Crippen LogP contribution in [-0.4, -0.2) is 50.6 Å². The summed E-state index contributed by atoms with van der Waals surface area (Å²) in [5, 5.41) is 28.1. The molecule has 1 saturated heterocycles. The maximum Gasteiger partial charge on any atom is 0.404 e. The minimum Gasteiger partial charge on any atom is -0.465 e. The molecule has 0 aromatic carbocycles. The first-order valence-electron chi connectivity index (χ1n) is 3.61. The second-order valence-corrected chi connectivity index (χ2v) is 3.33. The third-order valence-electron chi connectivity index (χ3n) is 1.41. The Morgan fingerprint density at radius 2 is 2.29 bits per heavy atom. The zero-order chi connectivity index (χ0) is 10.8. The van der Waals surface area contributed by atoms with Gasteiger partial charge in [-0.05, 0) is 0 Å². The minimum absolute atomic E-state index is 0.0197. The van der Waals surface area contributed by atoms with E-state index in [1.807, 2.05) is 5.32 Å². The van der Waals surface area contributed by atoms with Crippen LogP contribution in [0.25, 0.3) is 0 Å². The van der Waals surface area contributed by atoms with Crippen molar-refractivity contribution in [1.82, 2.24) is 14.3 Å². The Morgan fingerprint density at radius 3 is 2.71 bits per heavy atom. The number of amides is 2. The molecule has 1 aliphatic rings. The van der Waals surface area contributed by atoms with Gasteiger partial charge in [-0.2, -0.15) is 4.72 Å². The molecule has 80 valence electrons. The Morgan fingerprint density at radius 1 is 1.64 bits per heavy atom. The van der Waals surface area contributed by atoms with E-state index in [4.69, 9.17) is 15.3 Å². The fourth-order valence-electron chi connectivity index (χ4n) is 0.789. The average molecular weight is 223 g/mol. The van der Waals surface area contributed by atoms with Gasteiger partial charge in [-0.15, -0.1) is 0 Å².